The van der Waals surface area contributed by atoms with Crippen LogP contribution < -0.4 is 10.1 Å². The average molecular weight is 508 g/mol. The molecule has 194 valence electrons. The first-order chi connectivity index (χ1) is 16.3. The molecule has 2 aromatic heterocycles. The molecule has 2 heterocycles. The maximum absolute atomic E-state index is 11.1. The van der Waals surface area contributed by atoms with E-state index in [0.717, 1.165) is 0 Å². The smallest absolute Gasteiger partial charge is 0.409 e. The van der Waals surface area contributed by atoms with E-state index in [1.165, 1.54) is 6.20 Å². The summed E-state index contributed by atoms with van der Waals surface area (Å²) in [5.41, 5.74) is 0.912. The average Bonchev–Trinajstić information content (AvgIpc) is 2.78. The molecule has 0 aliphatic carbocycles. The van der Waals surface area contributed by atoms with Crippen molar-refractivity contribution in [3.63, 3.8) is 0 Å². The van der Waals surface area contributed by atoms with E-state index in [1.54, 1.807) is 25.1 Å². The van der Waals surface area contributed by atoms with Crippen molar-refractivity contribution >= 4 is 20.1 Å². The summed E-state index contributed by atoms with van der Waals surface area (Å²) in [6.07, 6.45) is 0.187. The van der Waals surface area contributed by atoms with Crippen LogP contribution in [0.4, 0.5) is 10.5 Å². The molecule has 0 aromatic carbocycles. The van der Waals surface area contributed by atoms with E-state index in [9.17, 15) is 20.1 Å². The van der Waals surface area contributed by atoms with E-state index in [2.05, 4.69) is 49.1 Å². The lowest BCUT2D eigenvalue weighted by atomic mass is 9.85. The quantitative estimate of drug-likeness (QED) is 0.228. The molecule has 0 radical (unpaired) electrons. The lowest BCUT2D eigenvalue weighted by Crippen LogP contribution is -2.41. The number of anilines is 1. The van der Waals surface area contributed by atoms with Gasteiger partial charge in [-0.15, -0.1) is 0 Å². The summed E-state index contributed by atoms with van der Waals surface area (Å²) in [6.45, 7) is 11.5. The first kappa shape index (κ1) is 28.7. The summed E-state index contributed by atoms with van der Waals surface area (Å²) < 4.78 is 12.0. The highest BCUT2D eigenvalue weighted by Gasteiger charge is 2.37. The van der Waals surface area contributed by atoms with Crippen LogP contribution in [0.1, 0.15) is 32.2 Å². The number of rotatable bonds is 11. The molecule has 5 N–H and O–H groups in total. The van der Waals surface area contributed by atoms with Crippen LogP contribution >= 0.6 is 0 Å². The third kappa shape index (κ3) is 6.98. The molecule has 0 bridgehead atoms. The van der Waals surface area contributed by atoms with Crippen molar-refractivity contribution in [2.24, 2.45) is 0 Å². The van der Waals surface area contributed by atoms with Gasteiger partial charge in [-0.1, -0.05) is 20.8 Å². The number of amides is 1. The zero-order chi connectivity index (χ0) is 26.4. The van der Waals surface area contributed by atoms with Crippen LogP contribution in [0.15, 0.2) is 24.4 Å². The number of aromatic nitrogens is 2. The highest BCUT2D eigenvalue weighted by atomic mass is 28.4. The summed E-state index contributed by atoms with van der Waals surface area (Å²) in [4.78, 5) is 19.8. The summed E-state index contributed by atoms with van der Waals surface area (Å²) in [5.74, 6) is 0.215. The van der Waals surface area contributed by atoms with E-state index < -0.39 is 39.6 Å². The van der Waals surface area contributed by atoms with Crippen LogP contribution in [0.25, 0.3) is 11.1 Å². The topological polar surface area (TPSA) is 154 Å². The second-order valence-corrected chi connectivity index (χ2v) is 14.9. The molecule has 0 spiro atoms. The van der Waals surface area contributed by atoms with E-state index >= 15 is 0 Å². The van der Waals surface area contributed by atoms with Gasteiger partial charge < -0.3 is 29.6 Å². The van der Waals surface area contributed by atoms with Crippen LogP contribution in [0, 0.1) is 6.92 Å². The molecule has 0 saturated carbocycles. The fourth-order valence-corrected chi connectivity index (χ4v) is 4.10. The van der Waals surface area contributed by atoms with Gasteiger partial charge in [-0.05, 0) is 42.8 Å². The van der Waals surface area contributed by atoms with Gasteiger partial charge in [0.25, 0.3) is 0 Å². The highest BCUT2D eigenvalue weighted by Crippen LogP contribution is 2.36. The Hall–Kier alpha value is -2.57. The molecule has 2 rings (SSSR count). The minimum Gasteiger partial charge on any atom is -0.475 e. The van der Waals surface area contributed by atoms with Crippen LogP contribution in [0.2, 0.25) is 18.1 Å². The minimum atomic E-state index is -1.95. The van der Waals surface area contributed by atoms with Crippen LogP contribution in [0.5, 0.6) is 5.88 Å². The molecule has 0 aliphatic heterocycles. The molecular formula is C24H37N3O7Si. The number of carboxylic acid groups (broad SMARTS) is 1. The Morgan fingerprint density at radius 1 is 1.06 bits per heavy atom. The number of carbonyl (C=O) groups is 1. The molecule has 0 unspecified atom stereocenters. The Bertz CT molecular complexity index is 1010. The van der Waals surface area contributed by atoms with Crippen molar-refractivity contribution < 1.29 is 34.4 Å². The Labute approximate surface area is 207 Å². The van der Waals surface area contributed by atoms with Crippen molar-refractivity contribution in [3.05, 3.63) is 35.8 Å². The highest BCUT2D eigenvalue weighted by molar-refractivity contribution is 6.74. The standard InChI is InChI=1S/C24H37N3O7Si/c1-16-19(11-18(12-25-16)26-22(31)32)17-9-20(24(13-28,14-29)15-30)27-21(10-17)33-7-8-34-35(5,6)23(2,3)4/h9-12,26,28-30H,7-8,13-15H2,1-6H3,(H,31,32). The molecule has 2 aromatic rings. The molecule has 0 fully saturated rings. The number of hydrogen-bond acceptors (Lipinski definition) is 8. The number of hydrogen-bond donors (Lipinski definition) is 5. The lowest BCUT2D eigenvalue weighted by molar-refractivity contribution is 0.0608. The monoisotopic (exact) mass is 507 g/mol. The zero-order valence-corrected chi connectivity index (χ0v) is 22.3. The molecular weight excluding hydrogens is 470 g/mol. The van der Waals surface area contributed by atoms with Gasteiger partial charge in [0, 0.05) is 17.3 Å². The summed E-state index contributed by atoms with van der Waals surface area (Å²) >= 11 is 0. The maximum atomic E-state index is 11.1. The summed E-state index contributed by atoms with van der Waals surface area (Å²) in [5, 5.41) is 41.3. The first-order valence-corrected chi connectivity index (χ1v) is 14.3. The molecule has 0 saturated heterocycles. The number of nitrogens with zero attached hydrogens (tertiary/aromatic N) is 2. The van der Waals surface area contributed by atoms with E-state index in [0.29, 0.717) is 23.4 Å². The fraction of sp³-hybridized carbons (Fsp3) is 0.542. The molecule has 11 heteroatoms. The van der Waals surface area contributed by atoms with Crippen molar-refractivity contribution in [2.45, 2.75) is 51.2 Å². The van der Waals surface area contributed by atoms with Crippen molar-refractivity contribution in [3.8, 4) is 17.0 Å². The minimum absolute atomic E-state index is 0.0564. The molecule has 0 aliphatic rings. The Balaban J connectivity index is 2.44. The molecule has 1 amide bonds. The zero-order valence-electron chi connectivity index (χ0n) is 21.3. The SMILES string of the molecule is Cc1ncc(NC(=O)O)cc1-c1cc(OCCO[Si](C)(C)C(C)(C)C)nc(C(CO)(CO)CO)c1. The third-order valence-corrected chi connectivity index (χ3v) is 11.0. The second-order valence-electron chi connectivity index (χ2n) is 10.1. The van der Waals surface area contributed by atoms with Gasteiger partial charge in [-0.2, -0.15) is 0 Å². The molecule has 10 nitrogen and oxygen atoms in total. The van der Waals surface area contributed by atoms with Gasteiger partial charge >= 0.3 is 6.09 Å². The van der Waals surface area contributed by atoms with Crippen molar-refractivity contribution in [1.29, 1.82) is 0 Å². The van der Waals surface area contributed by atoms with Crippen LogP contribution in [-0.4, -0.2) is 77.8 Å². The summed E-state index contributed by atoms with van der Waals surface area (Å²) in [7, 11) is -1.95. The number of aryl methyl sites for hydroxylation is 1. The predicted octanol–water partition coefficient (Wildman–Crippen LogP) is 3.16. The van der Waals surface area contributed by atoms with E-state index in [1.807, 2.05) is 0 Å². The van der Waals surface area contributed by atoms with Crippen LogP contribution in [-0.2, 0) is 9.84 Å². The Kier molecular flexibility index (Phi) is 9.37. The van der Waals surface area contributed by atoms with E-state index in [-0.39, 0.29) is 28.9 Å². The van der Waals surface area contributed by atoms with Gasteiger partial charge in [-0.25, -0.2) is 9.78 Å². The lowest BCUT2D eigenvalue weighted by Gasteiger charge is -2.36. The van der Waals surface area contributed by atoms with Crippen LogP contribution in [0.3, 0.4) is 0 Å². The largest absolute Gasteiger partial charge is 0.475 e. The fourth-order valence-electron chi connectivity index (χ4n) is 3.08. The van der Waals surface area contributed by atoms with Gasteiger partial charge in [0.1, 0.15) is 6.61 Å². The van der Waals surface area contributed by atoms with Gasteiger partial charge in [0.2, 0.25) is 5.88 Å². The van der Waals surface area contributed by atoms with Gasteiger partial charge in [-0.3, -0.25) is 10.3 Å². The number of ether oxygens (including phenoxy) is 1. The van der Waals surface area contributed by atoms with E-state index in [4.69, 9.17) is 14.3 Å². The number of aliphatic hydroxyl groups is 3. The summed E-state index contributed by atoms with van der Waals surface area (Å²) in [6, 6.07) is 4.91. The molecule has 35 heavy (non-hydrogen) atoms. The van der Waals surface area contributed by atoms with Gasteiger partial charge in [0.05, 0.1) is 49.4 Å². The predicted molar refractivity (Wildman–Crippen MR) is 135 cm³/mol. The van der Waals surface area contributed by atoms with Crippen molar-refractivity contribution in [1.82, 2.24) is 9.97 Å². The Morgan fingerprint density at radius 3 is 2.23 bits per heavy atom. The Morgan fingerprint density at radius 2 is 1.69 bits per heavy atom. The third-order valence-electron chi connectivity index (χ3n) is 6.50. The second kappa shape index (κ2) is 11.4. The number of nitrogens with one attached hydrogen (secondary N) is 1. The number of pyridine rings is 2. The maximum Gasteiger partial charge on any atom is 0.409 e. The normalized spacial score (nSPS) is 12.5. The number of aliphatic hydroxyl groups excluding tert-OH is 3. The molecule has 0 atom stereocenters. The van der Waals surface area contributed by atoms with Crippen molar-refractivity contribution in [2.75, 3.05) is 38.4 Å². The van der Waals surface area contributed by atoms with Gasteiger partial charge in [0.15, 0.2) is 8.32 Å². The first-order valence-electron chi connectivity index (χ1n) is 11.4.